The molecule has 0 spiro atoms. The number of nitro groups is 1. The summed E-state index contributed by atoms with van der Waals surface area (Å²) in [6, 6.07) is 9.99. The van der Waals surface area contributed by atoms with Gasteiger partial charge >= 0.3 is 0 Å². The normalized spacial score (nSPS) is 15.2. The summed E-state index contributed by atoms with van der Waals surface area (Å²) in [6.45, 7) is 2.37. The predicted molar refractivity (Wildman–Crippen MR) is 117 cm³/mol. The molecule has 1 aliphatic rings. The number of hydrogen-bond acceptors (Lipinski definition) is 7. The van der Waals surface area contributed by atoms with E-state index in [4.69, 9.17) is 16.3 Å². The fourth-order valence-electron chi connectivity index (χ4n) is 3.43. The highest BCUT2D eigenvalue weighted by molar-refractivity contribution is 6.30. The number of nitro benzene ring substituents is 1. The number of carbonyl (C=O) groups is 1. The van der Waals surface area contributed by atoms with Gasteiger partial charge in [0.05, 0.1) is 24.3 Å². The Kier molecular flexibility index (Phi) is 7.43. The molecule has 9 nitrogen and oxygen atoms in total. The zero-order chi connectivity index (χ0) is 22.4. The van der Waals surface area contributed by atoms with Gasteiger partial charge in [0, 0.05) is 29.1 Å². The van der Waals surface area contributed by atoms with Gasteiger partial charge in [0.2, 0.25) is 5.91 Å². The van der Waals surface area contributed by atoms with Crippen LogP contribution in [0.3, 0.4) is 0 Å². The minimum Gasteiger partial charge on any atom is -0.504 e. The van der Waals surface area contributed by atoms with Crippen molar-refractivity contribution in [2.24, 2.45) is 11.0 Å². The third-order valence-corrected chi connectivity index (χ3v) is 5.43. The van der Waals surface area contributed by atoms with Crippen LogP contribution in [-0.2, 0) is 11.3 Å². The maximum Gasteiger partial charge on any atom is 0.274 e. The van der Waals surface area contributed by atoms with E-state index in [1.165, 1.54) is 18.9 Å². The fourth-order valence-corrected chi connectivity index (χ4v) is 3.56. The van der Waals surface area contributed by atoms with Crippen molar-refractivity contribution in [3.63, 3.8) is 0 Å². The first-order valence-corrected chi connectivity index (χ1v) is 10.1. The number of benzene rings is 2. The van der Waals surface area contributed by atoms with Crippen molar-refractivity contribution in [3.05, 3.63) is 62.7 Å². The quantitative estimate of drug-likeness (QED) is 0.382. The number of ether oxygens (including phenoxy) is 1. The first-order valence-electron chi connectivity index (χ1n) is 9.72. The summed E-state index contributed by atoms with van der Waals surface area (Å²) in [5.41, 5.74) is 3.45. The number of non-ortho nitro benzene ring substituents is 1. The van der Waals surface area contributed by atoms with Gasteiger partial charge < -0.3 is 9.84 Å². The summed E-state index contributed by atoms with van der Waals surface area (Å²) < 4.78 is 4.94. The van der Waals surface area contributed by atoms with Crippen molar-refractivity contribution < 1.29 is 19.6 Å². The number of hydrogen-bond donors (Lipinski definition) is 2. The number of phenols is 1. The lowest BCUT2D eigenvalue weighted by molar-refractivity contribution is -0.385. The number of piperidine rings is 1. The van der Waals surface area contributed by atoms with E-state index in [2.05, 4.69) is 15.4 Å². The molecule has 31 heavy (non-hydrogen) atoms. The highest BCUT2D eigenvalue weighted by Crippen LogP contribution is 2.33. The molecule has 2 aromatic carbocycles. The van der Waals surface area contributed by atoms with Crippen LogP contribution in [0.25, 0.3) is 0 Å². The third kappa shape index (κ3) is 5.93. The van der Waals surface area contributed by atoms with Crippen LogP contribution in [0.2, 0.25) is 5.02 Å². The molecule has 0 unspecified atom stereocenters. The second-order valence-corrected chi connectivity index (χ2v) is 7.69. The SMILES string of the molecule is COc1cc([N+](=O)[O-])cc(/C=N\NC(=O)C2CCN(Cc3ccc(Cl)cc3)CC2)c1O. The molecule has 0 radical (unpaired) electrons. The molecule has 0 saturated carbocycles. The van der Waals surface area contributed by atoms with Crippen LogP contribution in [0.1, 0.15) is 24.0 Å². The largest absolute Gasteiger partial charge is 0.504 e. The second kappa shape index (κ2) is 10.2. The Labute approximate surface area is 184 Å². The van der Waals surface area contributed by atoms with Crippen LogP contribution in [0, 0.1) is 16.0 Å². The van der Waals surface area contributed by atoms with E-state index < -0.39 is 4.92 Å². The van der Waals surface area contributed by atoms with E-state index >= 15 is 0 Å². The number of rotatable bonds is 7. The molecule has 1 fully saturated rings. The maximum atomic E-state index is 12.4. The van der Waals surface area contributed by atoms with Gasteiger partial charge in [-0.2, -0.15) is 5.10 Å². The summed E-state index contributed by atoms with van der Waals surface area (Å²) in [5, 5.41) is 25.7. The summed E-state index contributed by atoms with van der Waals surface area (Å²) in [7, 11) is 1.29. The van der Waals surface area contributed by atoms with Gasteiger partial charge in [-0.3, -0.25) is 19.8 Å². The molecule has 1 saturated heterocycles. The van der Waals surface area contributed by atoms with Crippen molar-refractivity contribution in [3.8, 4) is 11.5 Å². The number of halogens is 1. The van der Waals surface area contributed by atoms with Crippen LogP contribution < -0.4 is 10.2 Å². The van der Waals surface area contributed by atoms with E-state index in [1.807, 2.05) is 24.3 Å². The monoisotopic (exact) mass is 446 g/mol. The zero-order valence-corrected chi connectivity index (χ0v) is 17.7. The van der Waals surface area contributed by atoms with Crippen molar-refractivity contribution >= 4 is 29.4 Å². The van der Waals surface area contributed by atoms with Gasteiger partial charge in [-0.1, -0.05) is 23.7 Å². The Morgan fingerprint density at radius 1 is 1.35 bits per heavy atom. The second-order valence-electron chi connectivity index (χ2n) is 7.25. The molecule has 2 N–H and O–H groups in total. The Hall–Kier alpha value is -3.17. The van der Waals surface area contributed by atoms with Crippen LogP contribution in [-0.4, -0.2) is 47.3 Å². The molecule has 1 heterocycles. The van der Waals surface area contributed by atoms with E-state index in [0.717, 1.165) is 31.8 Å². The number of aromatic hydroxyl groups is 1. The van der Waals surface area contributed by atoms with E-state index in [0.29, 0.717) is 17.9 Å². The molecule has 0 aliphatic carbocycles. The molecule has 0 atom stereocenters. The summed E-state index contributed by atoms with van der Waals surface area (Å²) >= 11 is 5.91. The van der Waals surface area contributed by atoms with Crippen LogP contribution in [0.15, 0.2) is 41.5 Å². The number of hydrazone groups is 1. The van der Waals surface area contributed by atoms with Crippen molar-refractivity contribution in [1.82, 2.24) is 10.3 Å². The number of nitrogens with one attached hydrogen (secondary N) is 1. The van der Waals surface area contributed by atoms with Crippen molar-refractivity contribution in [1.29, 1.82) is 0 Å². The predicted octanol–water partition coefficient (Wildman–Crippen LogP) is 3.32. The number of nitrogens with zero attached hydrogens (tertiary/aromatic N) is 3. The number of phenolic OH excluding ortho intramolecular Hbond substituents is 1. The van der Waals surface area contributed by atoms with Crippen molar-refractivity contribution in [2.45, 2.75) is 19.4 Å². The van der Waals surface area contributed by atoms with Gasteiger partial charge in [0.1, 0.15) is 0 Å². The average molecular weight is 447 g/mol. The molecule has 10 heteroatoms. The lowest BCUT2D eigenvalue weighted by Gasteiger charge is -2.30. The molecule has 3 rings (SSSR count). The Balaban J connectivity index is 1.53. The lowest BCUT2D eigenvalue weighted by Crippen LogP contribution is -2.39. The fraction of sp³-hybridized carbons (Fsp3) is 0.333. The standard InChI is InChI=1S/C21H23ClN4O5/c1-31-19-11-18(26(29)30)10-16(20(19)27)12-23-24-21(28)15-6-8-25(9-7-15)13-14-2-4-17(22)5-3-14/h2-5,10-12,15,27H,6-9,13H2,1H3,(H,24,28)/b23-12-. The smallest absolute Gasteiger partial charge is 0.274 e. The Bertz CT molecular complexity index is 972. The Morgan fingerprint density at radius 3 is 2.65 bits per heavy atom. The number of amides is 1. The maximum absolute atomic E-state index is 12.4. The minimum absolute atomic E-state index is 0.0463. The van der Waals surface area contributed by atoms with E-state index in [-0.39, 0.29) is 34.6 Å². The molecular weight excluding hydrogens is 424 g/mol. The first-order chi connectivity index (χ1) is 14.9. The van der Waals surface area contributed by atoms with Crippen molar-refractivity contribution in [2.75, 3.05) is 20.2 Å². The summed E-state index contributed by atoms with van der Waals surface area (Å²) in [5.74, 6) is -0.734. The van der Waals surface area contributed by atoms with Crippen LogP contribution in [0.5, 0.6) is 11.5 Å². The van der Waals surface area contributed by atoms with E-state index in [1.54, 1.807) is 0 Å². The number of methoxy groups -OCH3 is 1. The molecule has 0 aromatic heterocycles. The van der Waals surface area contributed by atoms with Crippen LogP contribution in [0.4, 0.5) is 5.69 Å². The lowest BCUT2D eigenvalue weighted by atomic mass is 9.96. The van der Waals surface area contributed by atoms with Gasteiger partial charge in [0.15, 0.2) is 11.5 Å². The third-order valence-electron chi connectivity index (χ3n) is 5.18. The van der Waals surface area contributed by atoms with Gasteiger partial charge in [-0.05, 0) is 43.6 Å². The van der Waals surface area contributed by atoms with E-state index in [9.17, 15) is 20.0 Å². The number of carbonyl (C=O) groups excluding carboxylic acids is 1. The molecule has 1 aliphatic heterocycles. The van der Waals surface area contributed by atoms with Crippen LogP contribution >= 0.6 is 11.6 Å². The highest BCUT2D eigenvalue weighted by atomic mass is 35.5. The molecular formula is C21H23ClN4O5. The first kappa shape index (κ1) is 22.5. The molecule has 1 amide bonds. The summed E-state index contributed by atoms with van der Waals surface area (Å²) in [4.78, 5) is 25.1. The average Bonchev–Trinajstić information content (AvgIpc) is 2.76. The topological polar surface area (TPSA) is 117 Å². The molecule has 2 aromatic rings. The molecule has 0 bridgehead atoms. The van der Waals surface area contributed by atoms with Gasteiger partial charge in [-0.25, -0.2) is 5.43 Å². The minimum atomic E-state index is -0.601. The summed E-state index contributed by atoms with van der Waals surface area (Å²) in [6.07, 6.45) is 2.56. The van der Waals surface area contributed by atoms with Gasteiger partial charge in [-0.15, -0.1) is 0 Å². The Morgan fingerprint density at radius 2 is 2.03 bits per heavy atom. The highest BCUT2D eigenvalue weighted by Gasteiger charge is 2.25. The zero-order valence-electron chi connectivity index (χ0n) is 17.0. The number of likely N-dealkylation sites (tertiary alicyclic amines) is 1. The molecule has 164 valence electrons. The van der Waals surface area contributed by atoms with Gasteiger partial charge in [0.25, 0.3) is 5.69 Å².